The molecule has 4 heteroatoms. The van der Waals surface area contributed by atoms with Crippen LogP contribution in [0.25, 0.3) is 11.1 Å². The standard InChI is InChI=1S/C16H18FNO2/c1-19-15-10-12(13-5-3-4-6-14(13)17)9-11(7-8-18)16(15)20-2/h3-6,9-10H,7-8,18H2,1-2H3. The lowest BCUT2D eigenvalue weighted by molar-refractivity contribution is 0.352. The second kappa shape index (κ2) is 6.39. The first-order valence-corrected chi connectivity index (χ1v) is 6.41. The van der Waals surface area contributed by atoms with Gasteiger partial charge in [-0.05, 0) is 42.3 Å². The van der Waals surface area contributed by atoms with Crippen molar-refractivity contribution in [3.05, 3.63) is 47.8 Å². The fourth-order valence-corrected chi connectivity index (χ4v) is 2.24. The number of benzene rings is 2. The van der Waals surface area contributed by atoms with Gasteiger partial charge in [0, 0.05) is 5.56 Å². The van der Waals surface area contributed by atoms with E-state index < -0.39 is 0 Å². The van der Waals surface area contributed by atoms with Crippen molar-refractivity contribution in [2.45, 2.75) is 6.42 Å². The molecule has 20 heavy (non-hydrogen) atoms. The van der Waals surface area contributed by atoms with Crippen LogP contribution >= 0.6 is 0 Å². The molecule has 0 saturated heterocycles. The molecular weight excluding hydrogens is 257 g/mol. The smallest absolute Gasteiger partial charge is 0.163 e. The lowest BCUT2D eigenvalue weighted by Gasteiger charge is -2.15. The second-order valence-electron chi connectivity index (χ2n) is 4.39. The van der Waals surface area contributed by atoms with Crippen LogP contribution in [0.1, 0.15) is 5.56 Å². The Hall–Kier alpha value is -2.07. The Balaban J connectivity index is 2.60. The van der Waals surface area contributed by atoms with E-state index in [-0.39, 0.29) is 5.82 Å². The highest BCUT2D eigenvalue weighted by Crippen LogP contribution is 2.37. The van der Waals surface area contributed by atoms with Gasteiger partial charge in [0.15, 0.2) is 11.5 Å². The van der Waals surface area contributed by atoms with Gasteiger partial charge >= 0.3 is 0 Å². The molecule has 0 bridgehead atoms. The molecule has 0 amide bonds. The van der Waals surface area contributed by atoms with Crippen LogP contribution in [0.5, 0.6) is 11.5 Å². The summed E-state index contributed by atoms with van der Waals surface area (Å²) in [5, 5.41) is 0. The third kappa shape index (κ3) is 2.75. The van der Waals surface area contributed by atoms with Gasteiger partial charge in [0.2, 0.25) is 0 Å². The highest BCUT2D eigenvalue weighted by Gasteiger charge is 2.14. The van der Waals surface area contributed by atoms with Gasteiger partial charge < -0.3 is 15.2 Å². The molecule has 0 aliphatic carbocycles. The van der Waals surface area contributed by atoms with Crippen LogP contribution in [0.15, 0.2) is 36.4 Å². The van der Waals surface area contributed by atoms with Crippen LogP contribution in [0.2, 0.25) is 0 Å². The molecule has 0 saturated carbocycles. The molecule has 0 aliphatic rings. The van der Waals surface area contributed by atoms with Crippen molar-refractivity contribution in [2.75, 3.05) is 20.8 Å². The Labute approximate surface area is 118 Å². The lowest BCUT2D eigenvalue weighted by atomic mass is 9.99. The molecule has 106 valence electrons. The summed E-state index contributed by atoms with van der Waals surface area (Å²) in [4.78, 5) is 0. The first-order chi connectivity index (χ1) is 9.71. The highest BCUT2D eigenvalue weighted by atomic mass is 19.1. The highest BCUT2D eigenvalue weighted by molar-refractivity contribution is 5.69. The van der Waals surface area contributed by atoms with Gasteiger partial charge in [-0.3, -0.25) is 0 Å². The van der Waals surface area contributed by atoms with E-state index >= 15 is 0 Å². The fourth-order valence-electron chi connectivity index (χ4n) is 2.24. The van der Waals surface area contributed by atoms with Crippen molar-refractivity contribution in [3.63, 3.8) is 0 Å². The van der Waals surface area contributed by atoms with Gasteiger partial charge in [0.05, 0.1) is 14.2 Å². The molecule has 0 atom stereocenters. The topological polar surface area (TPSA) is 44.5 Å². The van der Waals surface area contributed by atoms with Gasteiger partial charge in [-0.15, -0.1) is 0 Å². The SMILES string of the molecule is COc1cc(-c2ccccc2F)cc(CCN)c1OC. The molecule has 2 N–H and O–H groups in total. The molecule has 0 aliphatic heterocycles. The molecule has 3 nitrogen and oxygen atoms in total. The number of hydrogen-bond acceptors (Lipinski definition) is 3. The minimum Gasteiger partial charge on any atom is -0.493 e. The molecule has 0 fully saturated rings. The summed E-state index contributed by atoms with van der Waals surface area (Å²) in [6.07, 6.45) is 0.641. The van der Waals surface area contributed by atoms with E-state index in [9.17, 15) is 4.39 Å². The number of ether oxygens (including phenoxy) is 2. The van der Waals surface area contributed by atoms with Crippen LogP contribution in [0.4, 0.5) is 4.39 Å². The third-order valence-electron chi connectivity index (χ3n) is 3.15. The zero-order valence-corrected chi connectivity index (χ0v) is 11.7. The maximum atomic E-state index is 13.9. The summed E-state index contributed by atoms with van der Waals surface area (Å²) >= 11 is 0. The van der Waals surface area contributed by atoms with E-state index in [1.807, 2.05) is 6.07 Å². The molecule has 2 aromatic carbocycles. The van der Waals surface area contributed by atoms with Crippen molar-refractivity contribution in [2.24, 2.45) is 5.73 Å². The van der Waals surface area contributed by atoms with Crippen LogP contribution < -0.4 is 15.2 Å². The quantitative estimate of drug-likeness (QED) is 0.912. The average Bonchev–Trinajstić information content (AvgIpc) is 2.47. The number of hydrogen-bond donors (Lipinski definition) is 1. The van der Waals surface area contributed by atoms with Crippen molar-refractivity contribution < 1.29 is 13.9 Å². The van der Waals surface area contributed by atoms with E-state index in [1.54, 1.807) is 38.5 Å². The molecule has 2 rings (SSSR count). The van der Waals surface area contributed by atoms with Crippen molar-refractivity contribution >= 4 is 0 Å². The summed E-state index contributed by atoms with van der Waals surface area (Å²) in [6, 6.07) is 10.3. The largest absolute Gasteiger partial charge is 0.493 e. The van der Waals surface area contributed by atoms with E-state index in [0.717, 1.165) is 11.1 Å². The Morgan fingerprint density at radius 1 is 1.10 bits per heavy atom. The summed E-state index contributed by atoms with van der Waals surface area (Å²) in [5.41, 5.74) is 7.82. The summed E-state index contributed by atoms with van der Waals surface area (Å²) in [5.74, 6) is 0.966. The third-order valence-corrected chi connectivity index (χ3v) is 3.15. The lowest BCUT2D eigenvalue weighted by Crippen LogP contribution is -2.05. The number of nitrogens with two attached hydrogens (primary N) is 1. The minimum atomic E-state index is -0.265. The van der Waals surface area contributed by atoms with Gasteiger partial charge in [0.25, 0.3) is 0 Å². The first-order valence-electron chi connectivity index (χ1n) is 6.41. The second-order valence-corrected chi connectivity index (χ2v) is 4.39. The Morgan fingerprint density at radius 2 is 1.85 bits per heavy atom. The van der Waals surface area contributed by atoms with E-state index in [1.165, 1.54) is 6.07 Å². The van der Waals surface area contributed by atoms with E-state index in [0.29, 0.717) is 30.0 Å². The summed E-state index contributed by atoms with van der Waals surface area (Å²) in [7, 11) is 3.15. The van der Waals surface area contributed by atoms with Crippen molar-refractivity contribution in [3.8, 4) is 22.6 Å². The minimum absolute atomic E-state index is 0.265. The molecule has 0 spiro atoms. The molecule has 0 unspecified atom stereocenters. The van der Waals surface area contributed by atoms with Gasteiger partial charge in [-0.1, -0.05) is 18.2 Å². The zero-order chi connectivity index (χ0) is 14.5. The number of methoxy groups -OCH3 is 2. The maximum Gasteiger partial charge on any atom is 0.163 e. The molecule has 2 aromatic rings. The van der Waals surface area contributed by atoms with Gasteiger partial charge in [-0.25, -0.2) is 4.39 Å². The van der Waals surface area contributed by atoms with Crippen LogP contribution in [0, 0.1) is 5.82 Å². The van der Waals surface area contributed by atoms with Gasteiger partial charge in [0.1, 0.15) is 5.82 Å². The molecule has 0 aromatic heterocycles. The number of rotatable bonds is 5. The normalized spacial score (nSPS) is 10.4. The van der Waals surface area contributed by atoms with E-state index in [4.69, 9.17) is 15.2 Å². The predicted molar refractivity (Wildman–Crippen MR) is 77.7 cm³/mol. The van der Waals surface area contributed by atoms with Gasteiger partial charge in [-0.2, -0.15) is 0 Å². The van der Waals surface area contributed by atoms with E-state index in [2.05, 4.69) is 0 Å². The zero-order valence-electron chi connectivity index (χ0n) is 11.7. The molecule has 0 heterocycles. The fraction of sp³-hybridized carbons (Fsp3) is 0.250. The maximum absolute atomic E-state index is 13.9. The Morgan fingerprint density at radius 3 is 2.45 bits per heavy atom. The van der Waals surface area contributed by atoms with Crippen LogP contribution in [0.3, 0.4) is 0 Å². The van der Waals surface area contributed by atoms with Crippen molar-refractivity contribution in [1.82, 2.24) is 0 Å². The molecule has 0 radical (unpaired) electrons. The summed E-state index contributed by atoms with van der Waals surface area (Å²) in [6.45, 7) is 0.486. The predicted octanol–water partition coefficient (Wildman–Crippen LogP) is 3.01. The van der Waals surface area contributed by atoms with Crippen LogP contribution in [-0.2, 0) is 6.42 Å². The van der Waals surface area contributed by atoms with Crippen LogP contribution in [-0.4, -0.2) is 20.8 Å². The van der Waals surface area contributed by atoms with Crippen molar-refractivity contribution in [1.29, 1.82) is 0 Å². The summed E-state index contributed by atoms with van der Waals surface area (Å²) < 4.78 is 24.6. The molecular formula is C16H18FNO2. The monoisotopic (exact) mass is 275 g/mol. The Kier molecular flexibility index (Phi) is 4.58. The average molecular weight is 275 g/mol. The first kappa shape index (κ1) is 14.3. The number of halogens is 1. The Bertz CT molecular complexity index is 599.